The molecule has 0 unspecified atom stereocenters. The number of carbonyl (C=O) groups excluding carboxylic acids is 1. The molecule has 0 atom stereocenters. The molecule has 1 fully saturated rings. The lowest BCUT2D eigenvalue weighted by molar-refractivity contribution is 0.0497. The maximum Gasteiger partial charge on any atom is 0.255 e. The fourth-order valence-electron chi connectivity index (χ4n) is 2.45. The molecule has 0 aliphatic carbocycles. The van der Waals surface area contributed by atoms with Gasteiger partial charge in [0.15, 0.2) is 0 Å². The van der Waals surface area contributed by atoms with Gasteiger partial charge in [0.1, 0.15) is 5.75 Å². The zero-order chi connectivity index (χ0) is 14.5. The predicted octanol–water partition coefficient (Wildman–Crippen LogP) is 1.78. The van der Waals surface area contributed by atoms with Gasteiger partial charge in [0.05, 0.1) is 12.7 Å². The Kier molecular flexibility index (Phi) is 4.84. The highest BCUT2D eigenvalue weighted by molar-refractivity contribution is 5.99. The average Bonchev–Trinajstić information content (AvgIpc) is 2.48. The third-order valence-corrected chi connectivity index (χ3v) is 3.71. The van der Waals surface area contributed by atoms with E-state index in [1.165, 1.54) is 0 Å². The second kappa shape index (κ2) is 6.61. The Morgan fingerprint density at radius 3 is 2.80 bits per heavy atom. The van der Waals surface area contributed by atoms with Crippen LogP contribution in [-0.4, -0.2) is 44.7 Å². The second-order valence-corrected chi connectivity index (χ2v) is 5.19. The minimum absolute atomic E-state index is 0.0621. The van der Waals surface area contributed by atoms with Crippen LogP contribution in [-0.2, 0) is 4.74 Å². The van der Waals surface area contributed by atoms with E-state index in [0.29, 0.717) is 22.9 Å². The molecule has 1 aromatic carbocycles. The largest absolute Gasteiger partial charge is 0.497 e. The number of hydrogen-bond acceptors (Lipinski definition) is 4. The summed E-state index contributed by atoms with van der Waals surface area (Å²) in [6, 6.07) is 5.15. The molecule has 0 spiro atoms. The van der Waals surface area contributed by atoms with E-state index in [1.54, 1.807) is 30.2 Å². The first-order valence-corrected chi connectivity index (χ1v) is 6.88. The standard InChI is InChI=1S/C15H22N2O3/c1-17(10-11-5-7-20-8-6-11)15(18)13-9-12(19-2)3-4-14(13)16/h3-4,9,11H,5-8,10,16H2,1-2H3. The molecule has 1 aromatic rings. The minimum atomic E-state index is -0.0621. The number of benzene rings is 1. The predicted molar refractivity (Wildman–Crippen MR) is 77.9 cm³/mol. The molecule has 0 bridgehead atoms. The van der Waals surface area contributed by atoms with Crippen molar-refractivity contribution in [2.45, 2.75) is 12.8 Å². The van der Waals surface area contributed by atoms with Gasteiger partial charge in [0, 0.05) is 32.5 Å². The van der Waals surface area contributed by atoms with Crippen molar-refractivity contribution in [3.8, 4) is 5.75 Å². The van der Waals surface area contributed by atoms with Crippen molar-refractivity contribution in [2.24, 2.45) is 5.92 Å². The number of nitrogens with zero attached hydrogens (tertiary/aromatic N) is 1. The maximum atomic E-state index is 12.5. The molecular formula is C15H22N2O3. The Bertz CT molecular complexity index is 470. The van der Waals surface area contributed by atoms with Gasteiger partial charge in [-0.15, -0.1) is 0 Å². The van der Waals surface area contributed by atoms with Crippen LogP contribution in [0.2, 0.25) is 0 Å². The zero-order valence-electron chi connectivity index (χ0n) is 12.1. The lowest BCUT2D eigenvalue weighted by atomic mass is 9.99. The van der Waals surface area contributed by atoms with E-state index in [2.05, 4.69) is 0 Å². The molecule has 2 N–H and O–H groups in total. The fourth-order valence-corrected chi connectivity index (χ4v) is 2.45. The molecule has 0 radical (unpaired) electrons. The first-order chi connectivity index (χ1) is 9.61. The summed E-state index contributed by atoms with van der Waals surface area (Å²) in [5.74, 6) is 1.08. The average molecular weight is 278 g/mol. The quantitative estimate of drug-likeness (QED) is 0.853. The van der Waals surface area contributed by atoms with E-state index in [-0.39, 0.29) is 5.91 Å². The van der Waals surface area contributed by atoms with E-state index < -0.39 is 0 Å². The maximum absolute atomic E-state index is 12.5. The number of amides is 1. The van der Waals surface area contributed by atoms with Crippen molar-refractivity contribution in [1.82, 2.24) is 4.90 Å². The SMILES string of the molecule is COc1ccc(N)c(C(=O)N(C)CC2CCOCC2)c1. The van der Waals surface area contributed by atoms with Crippen LogP contribution < -0.4 is 10.5 Å². The van der Waals surface area contributed by atoms with E-state index in [1.807, 2.05) is 7.05 Å². The summed E-state index contributed by atoms with van der Waals surface area (Å²) in [6.45, 7) is 2.31. The molecular weight excluding hydrogens is 256 g/mol. The van der Waals surface area contributed by atoms with Gasteiger partial charge in [-0.05, 0) is 37.0 Å². The van der Waals surface area contributed by atoms with Gasteiger partial charge in [-0.2, -0.15) is 0 Å². The summed E-state index contributed by atoms with van der Waals surface area (Å²) in [7, 11) is 3.39. The van der Waals surface area contributed by atoms with E-state index in [4.69, 9.17) is 15.2 Å². The smallest absolute Gasteiger partial charge is 0.255 e. The van der Waals surface area contributed by atoms with Crippen LogP contribution in [0.15, 0.2) is 18.2 Å². The lowest BCUT2D eigenvalue weighted by Gasteiger charge is -2.27. The molecule has 110 valence electrons. The molecule has 0 aromatic heterocycles. The van der Waals surface area contributed by atoms with Crippen molar-refractivity contribution < 1.29 is 14.3 Å². The number of anilines is 1. The number of nitrogens with two attached hydrogens (primary N) is 1. The van der Waals surface area contributed by atoms with E-state index in [9.17, 15) is 4.79 Å². The number of carbonyl (C=O) groups is 1. The van der Waals surface area contributed by atoms with Crippen LogP contribution in [0.4, 0.5) is 5.69 Å². The summed E-state index contributed by atoms with van der Waals surface area (Å²) in [6.07, 6.45) is 2.01. The highest BCUT2D eigenvalue weighted by Crippen LogP contribution is 2.22. The van der Waals surface area contributed by atoms with Crippen LogP contribution in [0.5, 0.6) is 5.75 Å². The Morgan fingerprint density at radius 1 is 1.45 bits per heavy atom. The Hall–Kier alpha value is -1.75. The minimum Gasteiger partial charge on any atom is -0.497 e. The third-order valence-electron chi connectivity index (χ3n) is 3.71. The summed E-state index contributed by atoms with van der Waals surface area (Å²) in [5.41, 5.74) is 6.87. The number of hydrogen-bond donors (Lipinski definition) is 1. The summed E-state index contributed by atoms with van der Waals surface area (Å²) < 4.78 is 10.5. The molecule has 5 nitrogen and oxygen atoms in total. The topological polar surface area (TPSA) is 64.8 Å². The number of ether oxygens (including phenoxy) is 2. The van der Waals surface area contributed by atoms with Gasteiger partial charge >= 0.3 is 0 Å². The normalized spacial score (nSPS) is 15.9. The first kappa shape index (κ1) is 14.7. The summed E-state index contributed by atoms with van der Waals surface area (Å²) >= 11 is 0. The molecule has 0 saturated carbocycles. The van der Waals surface area contributed by atoms with Crippen LogP contribution >= 0.6 is 0 Å². The van der Waals surface area contributed by atoms with Crippen LogP contribution in [0.3, 0.4) is 0 Å². The van der Waals surface area contributed by atoms with Crippen molar-refractivity contribution in [3.63, 3.8) is 0 Å². The van der Waals surface area contributed by atoms with E-state index >= 15 is 0 Å². The monoisotopic (exact) mass is 278 g/mol. The second-order valence-electron chi connectivity index (χ2n) is 5.19. The summed E-state index contributed by atoms with van der Waals surface area (Å²) in [5, 5.41) is 0. The molecule has 1 heterocycles. The van der Waals surface area contributed by atoms with Crippen LogP contribution in [0, 0.1) is 5.92 Å². The summed E-state index contributed by atoms with van der Waals surface area (Å²) in [4.78, 5) is 14.2. The van der Waals surface area contributed by atoms with Crippen molar-refractivity contribution in [2.75, 3.05) is 39.6 Å². The van der Waals surface area contributed by atoms with Gasteiger partial charge in [0.2, 0.25) is 0 Å². The number of methoxy groups -OCH3 is 1. The third kappa shape index (κ3) is 3.42. The van der Waals surface area contributed by atoms with Crippen LogP contribution in [0.25, 0.3) is 0 Å². The van der Waals surface area contributed by atoms with Gasteiger partial charge < -0.3 is 20.1 Å². The number of nitrogen functional groups attached to an aromatic ring is 1. The molecule has 1 saturated heterocycles. The molecule has 1 aliphatic heterocycles. The van der Waals surface area contributed by atoms with Gasteiger partial charge in [-0.1, -0.05) is 0 Å². The van der Waals surface area contributed by atoms with Gasteiger partial charge in [-0.25, -0.2) is 0 Å². The van der Waals surface area contributed by atoms with Gasteiger partial charge in [0.25, 0.3) is 5.91 Å². The Balaban J connectivity index is 2.05. The Labute approximate surface area is 119 Å². The first-order valence-electron chi connectivity index (χ1n) is 6.88. The van der Waals surface area contributed by atoms with E-state index in [0.717, 1.165) is 32.6 Å². The van der Waals surface area contributed by atoms with Crippen LogP contribution in [0.1, 0.15) is 23.2 Å². The lowest BCUT2D eigenvalue weighted by Crippen LogP contribution is -2.34. The highest BCUT2D eigenvalue weighted by Gasteiger charge is 2.21. The van der Waals surface area contributed by atoms with Crippen molar-refractivity contribution in [1.29, 1.82) is 0 Å². The number of rotatable bonds is 4. The molecule has 5 heteroatoms. The van der Waals surface area contributed by atoms with Crippen molar-refractivity contribution in [3.05, 3.63) is 23.8 Å². The molecule has 20 heavy (non-hydrogen) atoms. The highest BCUT2D eigenvalue weighted by atomic mass is 16.5. The molecule has 2 rings (SSSR count). The fraction of sp³-hybridized carbons (Fsp3) is 0.533. The molecule has 1 amide bonds. The van der Waals surface area contributed by atoms with Crippen molar-refractivity contribution >= 4 is 11.6 Å². The Morgan fingerprint density at radius 2 is 2.15 bits per heavy atom. The molecule has 1 aliphatic rings. The van der Waals surface area contributed by atoms with Gasteiger partial charge in [-0.3, -0.25) is 4.79 Å². The zero-order valence-corrected chi connectivity index (χ0v) is 12.1.